The predicted molar refractivity (Wildman–Crippen MR) is 177 cm³/mol. The molecule has 0 aliphatic rings. The quantitative estimate of drug-likeness (QED) is 0.0583. The highest BCUT2D eigenvalue weighted by atomic mass is 32.2. The zero-order chi connectivity index (χ0) is 30.7. The van der Waals surface area contributed by atoms with Crippen molar-refractivity contribution in [3.05, 3.63) is 0 Å². The van der Waals surface area contributed by atoms with E-state index in [1.165, 1.54) is 154 Å². The van der Waals surface area contributed by atoms with E-state index in [4.69, 9.17) is 14.0 Å². The topological polar surface area (TPSA) is 93.1 Å². The van der Waals surface area contributed by atoms with Crippen LogP contribution in [0.5, 0.6) is 0 Å². The standard InChI is InChI=1S/C33H68O3.CH4O3S/c1-3-5-7-9-11-13-15-16-17-18-19-20-21-23-25-27-29-35-32-33(31-34)36-30-28-26-24-22-14-12-10-8-6-4-2;1-5(2,3)4/h33-34H,3-32H2,1-2H3;1H3,(H,2,3,4). The number of rotatable bonds is 32. The van der Waals surface area contributed by atoms with E-state index in [0.717, 1.165) is 26.1 Å². The highest BCUT2D eigenvalue weighted by Crippen LogP contribution is 2.14. The van der Waals surface area contributed by atoms with Crippen LogP contribution >= 0.6 is 0 Å². The maximum absolute atomic E-state index is 9.53. The summed E-state index contributed by atoms with van der Waals surface area (Å²) in [4.78, 5) is 0. The second kappa shape index (κ2) is 36.0. The van der Waals surface area contributed by atoms with Gasteiger partial charge in [-0.3, -0.25) is 4.55 Å². The summed E-state index contributed by atoms with van der Waals surface area (Å²) in [6.45, 7) is 6.72. The molecule has 0 aliphatic heterocycles. The number of ether oxygens (including phenoxy) is 2. The van der Waals surface area contributed by atoms with Crippen molar-refractivity contribution in [2.24, 2.45) is 0 Å². The van der Waals surface area contributed by atoms with Gasteiger partial charge in [-0.15, -0.1) is 0 Å². The predicted octanol–water partition coefficient (Wildman–Crippen LogP) is 10.1. The molecule has 0 radical (unpaired) electrons. The monoisotopic (exact) mass is 609 g/mol. The van der Waals surface area contributed by atoms with Crippen molar-refractivity contribution >= 4 is 10.1 Å². The summed E-state index contributed by atoms with van der Waals surface area (Å²) in [5.41, 5.74) is 0. The Kier molecular flexibility index (Phi) is 37.7. The van der Waals surface area contributed by atoms with E-state index in [-0.39, 0.29) is 12.7 Å². The van der Waals surface area contributed by atoms with Gasteiger partial charge in [-0.25, -0.2) is 0 Å². The van der Waals surface area contributed by atoms with Crippen LogP contribution in [0.4, 0.5) is 0 Å². The van der Waals surface area contributed by atoms with Gasteiger partial charge in [-0.05, 0) is 12.8 Å². The first-order valence-electron chi connectivity index (χ1n) is 17.6. The SMILES string of the molecule is CCCCCCCCCCCCCCCCCCOCC(CO)OCCCCCCCCCCCC.CS(=O)(=O)O. The zero-order valence-corrected chi connectivity index (χ0v) is 28.5. The Bertz CT molecular complexity index is 562. The second-order valence-electron chi connectivity index (χ2n) is 12.0. The molecule has 0 aromatic heterocycles. The lowest BCUT2D eigenvalue weighted by molar-refractivity contribution is -0.0437. The van der Waals surface area contributed by atoms with Gasteiger partial charge in [0.1, 0.15) is 6.10 Å². The van der Waals surface area contributed by atoms with Crippen molar-refractivity contribution < 1.29 is 27.6 Å². The third kappa shape index (κ3) is 46.9. The Morgan fingerprint density at radius 1 is 0.512 bits per heavy atom. The summed E-state index contributed by atoms with van der Waals surface area (Å²) in [7, 11) is -3.67. The van der Waals surface area contributed by atoms with Gasteiger partial charge >= 0.3 is 0 Å². The van der Waals surface area contributed by atoms with E-state index in [0.29, 0.717) is 12.9 Å². The third-order valence-corrected chi connectivity index (χ3v) is 7.50. The summed E-state index contributed by atoms with van der Waals surface area (Å²) >= 11 is 0. The minimum atomic E-state index is -3.67. The first-order valence-corrected chi connectivity index (χ1v) is 19.4. The number of aliphatic hydroxyl groups excluding tert-OH is 1. The molecular formula is C34H72O6S. The normalized spacial score (nSPS) is 12.3. The van der Waals surface area contributed by atoms with E-state index in [2.05, 4.69) is 13.8 Å². The molecule has 0 saturated carbocycles. The molecule has 0 fully saturated rings. The molecule has 0 bridgehead atoms. The molecule has 0 spiro atoms. The Labute approximate surface area is 256 Å². The van der Waals surface area contributed by atoms with E-state index in [1.54, 1.807) is 0 Å². The highest BCUT2D eigenvalue weighted by molar-refractivity contribution is 7.85. The van der Waals surface area contributed by atoms with Gasteiger partial charge in [-0.1, -0.05) is 168 Å². The van der Waals surface area contributed by atoms with Crippen LogP contribution < -0.4 is 0 Å². The van der Waals surface area contributed by atoms with Crippen LogP contribution in [0, 0.1) is 0 Å². The van der Waals surface area contributed by atoms with E-state index < -0.39 is 10.1 Å². The van der Waals surface area contributed by atoms with Crippen LogP contribution in [0.3, 0.4) is 0 Å². The maximum atomic E-state index is 9.53. The van der Waals surface area contributed by atoms with Gasteiger partial charge in [0.15, 0.2) is 0 Å². The lowest BCUT2D eigenvalue weighted by Gasteiger charge is -2.15. The van der Waals surface area contributed by atoms with Crippen molar-refractivity contribution in [1.82, 2.24) is 0 Å². The van der Waals surface area contributed by atoms with Crippen LogP contribution in [0.1, 0.15) is 181 Å². The Hall–Kier alpha value is -0.210. The van der Waals surface area contributed by atoms with Crippen LogP contribution in [-0.4, -0.2) is 56.9 Å². The molecule has 0 heterocycles. The van der Waals surface area contributed by atoms with Gasteiger partial charge in [0.2, 0.25) is 0 Å². The average Bonchev–Trinajstić information content (AvgIpc) is 2.93. The molecule has 0 aliphatic carbocycles. The van der Waals surface area contributed by atoms with Crippen molar-refractivity contribution in [1.29, 1.82) is 0 Å². The maximum Gasteiger partial charge on any atom is 0.261 e. The fraction of sp³-hybridized carbons (Fsp3) is 1.00. The fourth-order valence-corrected chi connectivity index (χ4v) is 4.96. The number of hydrogen-bond acceptors (Lipinski definition) is 5. The second-order valence-corrected chi connectivity index (χ2v) is 13.4. The molecule has 1 atom stereocenters. The zero-order valence-electron chi connectivity index (χ0n) is 27.7. The van der Waals surface area contributed by atoms with Gasteiger partial charge in [0, 0.05) is 13.2 Å². The minimum Gasteiger partial charge on any atom is -0.394 e. The molecule has 6 nitrogen and oxygen atoms in total. The van der Waals surface area contributed by atoms with Crippen LogP contribution in [-0.2, 0) is 19.6 Å². The Balaban J connectivity index is 0. The summed E-state index contributed by atoms with van der Waals surface area (Å²) in [5, 5.41) is 9.53. The van der Waals surface area contributed by atoms with Crippen molar-refractivity contribution in [2.45, 2.75) is 187 Å². The van der Waals surface area contributed by atoms with E-state index >= 15 is 0 Å². The average molecular weight is 609 g/mol. The number of hydrogen-bond donors (Lipinski definition) is 2. The van der Waals surface area contributed by atoms with Gasteiger partial charge < -0.3 is 14.6 Å². The van der Waals surface area contributed by atoms with Crippen LogP contribution in [0.25, 0.3) is 0 Å². The molecule has 0 saturated heterocycles. The molecule has 7 heteroatoms. The van der Waals surface area contributed by atoms with Gasteiger partial charge in [0.25, 0.3) is 10.1 Å². The molecule has 0 aromatic carbocycles. The molecule has 0 amide bonds. The van der Waals surface area contributed by atoms with Crippen molar-refractivity contribution in [3.8, 4) is 0 Å². The Morgan fingerprint density at radius 2 is 0.780 bits per heavy atom. The van der Waals surface area contributed by atoms with Crippen LogP contribution in [0.2, 0.25) is 0 Å². The molecule has 41 heavy (non-hydrogen) atoms. The van der Waals surface area contributed by atoms with Crippen molar-refractivity contribution in [2.75, 3.05) is 32.7 Å². The molecule has 250 valence electrons. The number of aliphatic hydroxyl groups is 1. The number of unbranched alkanes of at least 4 members (excludes halogenated alkanes) is 24. The fourth-order valence-electron chi connectivity index (χ4n) is 4.96. The smallest absolute Gasteiger partial charge is 0.261 e. The molecule has 2 N–H and O–H groups in total. The highest BCUT2D eigenvalue weighted by Gasteiger charge is 2.07. The van der Waals surface area contributed by atoms with Crippen molar-refractivity contribution in [3.63, 3.8) is 0 Å². The summed E-state index contributed by atoms with van der Waals surface area (Å²) < 4.78 is 37.5. The molecule has 0 aromatic rings. The largest absolute Gasteiger partial charge is 0.394 e. The third-order valence-electron chi connectivity index (χ3n) is 7.50. The molecular weight excluding hydrogens is 536 g/mol. The molecule has 0 rings (SSSR count). The van der Waals surface area contributed by atoms with Crippen LogP contribution in [0.15, 0.2) is 0 Å². The summed E-state index contributed by atoms with van der Waals surface area (Å²) in [6, 6.07) is 0. The first kappa shape index (κ1) is 42.9. The van der Waals surface area contributed by atoms with Gasteiger partial charge in [-0.2, -0.15) is 8.42 Å². The summed E-state index contributed by atoms with van der Waals surface area (Å²) in [5.74, 6) is 0. The molecule has 1 unspecified atom stereocenters. The minimum absolute atomic E-state index is 0.0662. The van der Waals surface area contributed by atoms with E-state index in [1.807, 2.05) is 0 Å². The lowest BCUT2D eigenvalue weighted by atomic mass is 10.0. The van der Waals surface area contributed by atoms with E-state index in [9.17, 15) is 13.5 Å². The first-order chi connectivity index (χ1) is 19.8. The Morgan fingerprint density at radius 3 is 1.07 bits per heavy atom. The lowest BCUT2D eigenvalue weighted by Crippen LogP contribution is -2.24. The summed E-state index contributed by atoms with van der Waals surface area (Å²) in [6.07, 6.45) is 36.2. The van der Waals surface area contributed by atoms with Gasteiger partial charge in [0.05, 0.1) is 19.5 Å².